The lowest BCUT2D eigenvalue weighted by Crippen LogP contribution is -2.14. The number of rotatable bonds is 5. The highest BCUT2D eigenvalue weighted by Crippen LogP contribution is 2.18. The Hall–Kier alpha value is -2.33. The molecule has 2 rings (SSSR count). The fourth-order valence-corrected chi connectivity index (χ4v) is 2.05. The van der Waals surface area contributed by atoms with E-state index in [-0.39, 0.29) is 5.91 Å². The summed E-state index contributed by atoms with van der Waals surface area (Å²) in [6.07, 6.45) is 0.753. The van der Waals surface area contributed by atoms with Crippen LogP contribution in [-0.2, 0) is 11.2 Å². The number of hydrogen-bond acceptors (Lipinski definition) is 3. The Morgan fingerprint density at radius 3 is 2.71 bits per heavy atom. The highest BCUT2D eigenvalue weighted by Gasteiger charge is 2.09. The lowest BCUT2D eigenvalue weighted by molar-refractivity contribution is 0.102. The van der Waals surface area contributed by atoms with E-state index >= 15 is 0 Å². The van der Waals surface area contributed by atoms with Gasteiger partial charge >= 0.3 is 0 Å². The third-order valence-electron chi connectivity index (χ3n) is 3.38. The van der Waals surface area contributed by atoms with Gasteiger partial charge in [0.2, 0.25) is 0 Å². The lowest BCUT2D eigenvalue weighted by atomic mass is 10.1. The van der Waals surface area contributed by atoms with Crippen LogP contribution in [0.5, 0.6) is 0 Å². The van der Waals surface area contributed by atoms with Crippen LogP contribution in [0.3, 0.4) is 0 Å². The van der Waals surface area contributed by atoms with Gasteiger partial charge in [-0.3, -0.25) is 4.79 Å². The van der Waals surface area contributed by atoms with E-state index in [0.29, 0.717) is 17.9 Å². The van der Waals surface area contributed by atoms with E-state index in [9.17, 15) is 4.79 Å². The molecule has 0 unspecified atom stereocenters. The number of nitrogens with two attached hydrogens (primary N) is 1. The van der Waals surface area contributed by atoms with Crippen molar-refractivity contribution in [1.82, 2.24) is 0 Å². The maximum Gasteiger partial charge on any atom is 0.255 e. The number of benzene rings is 2. The van der Waals surface area contributed by atoms with Gasteiger partial charge in [-0.15, -0.1) is 0 Å². The molecule has 0 bridgehead atoms. The summed E-state index contributed by atoms with van der Waals surface area (Å²) in [4.78, 5) is 12.3. The average molecular weight is 284 g/mol. The van der Waals surface area contributed by atoms with Gasteiger partial charge in [-0.25, -0.2) is 0 Å². The normalized spacial score (nSPS) is 10.4. The molecule has 0 radical (unpaired) electrons. The second kappa shape index (κ2) is 6.90. The summed E-state index contributed by atoms with van der Waals surface area (Å²) in [5.74, 6) is -0.161. The number of carbonyl (C=O) groups is 1. The monoisotopic (exact) mass is 284 g/mol. The molecule has 0 aliphatic rings. The molecule has 110 valence electrons. The van der Waals surface area contributed by atoms with E-state index in [1.807, 2.05) is 37.3 Å². The van der Waals surface area contributed by atoms with Crippen LogP contribution in [-0.4, -0.2) is 19.6 Å². The third kappa shape index (κ3) is 3.83. The van der Waals surface area contributed by atoms with Crippen molar-refractivity contribution < 1.29 is 9.53 Å². The van der Waals surface area contributed by atoms with Crippen molar-refractivity contribution in [2.45, 2.75) is 13.3 Å². The first-order valence-corrected chi connectivity index (χ1v) is 6.86. The van der Waals surface area contributed by atoms with Gasteiger partial charge in [-0.1, -0.05) is 24.3 Å². The van der Waals surface area contributed by atoms with Crippen molar-refractivity contribution in [3.63, 3.8) is 0 Å². The molecule has 1 amide bonds. The van der Waals surface area contributed by atoms with Crippen molar-refractivity contribution >= 4 is 17.3 Å². The van der Waals surface area contributed by atoms with Crippen molar-refractivity contribution in [2.24, 2.45) is 0 Å². The smallest absolute Gasteiger partial charge is 0.255 e. The van der Waals surface area contributed by atoms with Gasteiger partial charge in [0, 0.05) is 24.0 Å². The van der Waals surface area contributed by atoms with Crippen LogP contribution >= 0.6 is 0 Å². The molecule has 0 saturated carbocycles. The molecular weight excluding hydrogens is 264 g/mol. The Morgan fingerprint density at radius 1 is 1.24 bits per heavy atom. The second-order valence-electron chi connectivity index (χ2n) is 4.93. The van der Waals surface area contributed by atoms with E-state index in [4.69, 9.17) is 10.5 Å². The lowest BCUT2D eigenvalue weighted by Gasteiger charge is -2.11. The van der Waals surface area contributed by atoms with Crippen LogP contribution in [0.2, 0.25) is 0 Å². The maximum atomic E-state index is 12.3. The zero-order valence-corrected chi connectivity index (χ0v) is 12.3. The fraction of sp³-hybridized carbons (Fsp3) is 0.235. The van der Waals surface area contributed by atoms with Gasteiger partial charge in [0.1, 0.15) is 0 Å². The predicted molar refractivity (Wildman–Crippen MR) is 85.6 cm³/mol. The number of nitrogens with one attached hydrogen (secondary N) is 1. The first-order valence-electron chi connectivity index (χ1n) is 6.86. The Bertz CT molecular complexity index is 638. The molecule has 0 saturated heterocycles. The average Bonchev–Trinajstić information content (AvgIpc) is 2.49. The number of hydrogen-bond donors (Lipinski definition) is 2. The molecule has 3 N–H and O–H groups in total. The van der Waals surface area contributed by atoms with Crippen LogP contribution in [0.1, 0.15) is 21.5 Å². The topological polar surface area (TPSA) is 64.3 Å². The van der Waals surface area contributed by atoms with Crippen LogP contribution in [0.4, 0.5) is 11.4 Å². The van der Waals surface area contributed by atoms with E-state index < -0.39 is 0 Å². The molecular formula is C17H20N2O2. The van der Waals surface area contributed by atoms with Crippen LogP contribution < -0.4 is 11.1 Å². The van der Waals surface area contributed by atoms with Crippen molar-refractivity contribution in [3.8, 4) is 0 Å². The summed E-state index contributed by atoms with van der Waals surface area (Å²) >= 11 is 0. The van der Waals surface area contributed by atoms with Crippen LogP contribution in [0, 0.1) is 6.92 Å². The fourth-order valence-electron chi connectivity index (χ4n) is 2.05. The Labute approximate surface area is 124 Å². The molecule has 0 spiro atoms. The second-order valence-corrected chi connectivity index (χ2v) is 4.93. The molecule has 0 atom stereocenters. The predicted octanol–water partition coefficient (Wildman–Crippen LogP) is 3.02. The molecule has 4 heteroatoms. The Balaban J connectivity index is 2.17. The molecule has 21 heavy (non-hydrogen) atoms. The Kier molecular flexibility index (Phi) is 4.95. The van der Waals surface area contributed by atoms with E-state index in [2.05, 4.69) is 5.32 Å². The number of methoxy groups -OCH3 is 1. The molecule has 0 aliphatic heterocycles. The van der Waals surface area contributed by atoms with Crippen molar-refractivity contribution in [3.05, 3.63) is 59.2 Å². The summed E-state index contributed by atoms with van der Waals surface area (Å²) in [5, 5.41) is 2.93. The molecule has 2 aromatic rings. The van der Waals surface area contributed by atoms with Gasteiger partial charge in [-0.2, -0.15) is 0 Å². The summed E-state index contributed by atoms with van der Waals surface area (Å²) in [7, 11) is 1.66. The van der Waals surface area contributed by atoms with E-state index in [0.717, 1.165) is 23.2 Å². The van der Waals surface area contributed by atoms with Gasteiger partial charge in [-0.05, 0) is 42.7 Å². The van der Waals surface area contributed by atoms with E-state index in [1.165, 1.54) is 0 Å². The molecule has 0 aliphatic carbocycles. The highest BCUT2D eigenvalue weighted by atomic mass is 16.5. The molecule has 2 aromatic carbocycles. The van der Waals surface area contributed by atoms with Crippen LogP contribution in [0.25, 0.3) is 0 Å². The standard InChI is InChI=1S/C17H20N2O2/c1-12-7-8-14(11-15(12)18)17(20)19-16-6-4-3-5-13(16)9-10-21-2/h3-8,11H,9-10,18H2,1-2H3,(H,19,20). The number of nitrogen functional groups attached to an aromatic ring is 1. The SMILES string of the molecule is COCCc1ccccc1NC(=O)c1ccc(C)c(N)c1. The third-order valence-corrected chi connectivity index (χ3v) is 3.38. The first-order chi connectivity index (χ1) is 10.1. The molecule has 0 heterocycles. The first kappa shape index (κ1) is 15.1. The quantitative estimate of drug-likeness (QED) is 0.829. The minimum absolute atomic E-state index is 0.161. The minimum Gasteiger partial charge on any atom is -0.398 e. The number of anilines is 2. The van der Waals surface area contributed by atoms with E-state index in [1.54, 1.807) is 19.2 Å². The summed E-state index contributed by atoms with van der Waals surface area (Å²) in [5.41, 5.74) is 9.84. The molecule has 0 fully saturated rings. The van der Waals surface area contributed by atoms with Crippen molar-refractivity contribution in [2.75, 3.05) is 24.8 Å². The highest BCUT2D eigenvalue weighted by molar-refractivity contribution is 6.05. The summed E-state index contributed by atoms with van der Waals surface area (Å²) in [6, 6.07) is 13.0. The molecule has 0 aromatic heterocycles. The van der Waals surface area contributed by atoms with Crippen LogP contribution in [0.15, 0.2) is 42.5 Å². The zero-order valence-electron chi connectivity index (χ0n) is 12.3. The largest absolute Gasteiger partial charge is 0.398 e. The minimum atomic E-state index is -0.161. The number of ether oxygens (including phenoxy) is 1. The number of amides is 1. The maximum absolute atomic E-state index is 12.3. The van der Waals surface area contributed by atoms with Gasteiger partial charge in [0.15, 0.2) is 0 Å². The zero-order chi connectivity index (χ0) is 15.2. The Morgan fingerprint density at radius 2 is 2.00 bits per heavy atom. The van der Waals surface area contributed by atoms with Gasteiger partial charge in [0.25, 0.3) is 5.91 Å². The van der Waals surface area contributed by atoms with Gasteiger partial charge in [0.05, 0.1) is 6.61 Å². The van der Waals surface area contributed by atoms with Crippen molar-refractivity contribution in [1.29, 1.82) is 0 Å². The summed E-state index contributed by atoms with van der Waals surface area (Å²) in [6.45, 7) is 2.53. The number of para-hydroxylation sites is 1. The number of aryl methyl sites for hydroxylation is 1. The summed E-state index contributed by atoms with van der Waals surface area (Å²) < 4.78 is 5.09. The molecule has 4 nitrogen and oxygen atoms in total. The number of carbonyl (C=O) groups excluding carboxylic acids is 1. The van der Waals surface area contributed by atoms with Gasteiger partial charge < -0.3 is 15.8 Å².